The maximum absolute atomic E-state index is 2.58. The van der Waals surface area contributed by atoms with Gasteiger partial charge in [-0.2, -0.15) is 0 Å². The van der Waals surface area contributed by atoms with Crippen molar-refractivity contribution in [2.24, 2.45) is 0 Å². The molecule has 0 atom stereocenters. The molecule has 2 heteroatoms. The smallest absolute Gasteiger partial charge is 0.0242 e. The largest absolute Gasteiger partial charge is 0.299 e. The van der Waals surface area contributed by atoms with Gasteiger partial charge in [0.05, 0.1) is 0 Å². The Kier molecular flexibility index (Phi) is 5.22. The molecule has 0 bridgehead atoms. The number of benzene rings is 2. The molecule has 0 saturated carbocycles. The normalized spacial score (nSPS) is 14.4. The summed E-state index contributed by atoms with van der Waals surface area (Å²) in [6, 6.07) is 17.5. The van der Waals surface area contributed by atoms with E-state index in [4.69, 9.17) is 0 Å². The van der Waals surface area contributed by atoms with E-state index in [9.17, 15) is 0 Å². The Morgan fingerprint density at radius 1 is 1.00 bits per heavy atom. The summed E-state index contributed by atoms with van der Waals surface area (Å²) >= 11 is 0. The zero-order chi connectivity index (χ0) is 13.1. The molecule has 3 rings (SSSR count). The van der Waals surface area contributed by atoms with Gasteiger partial charge >= 0.3 is 0 Å². The minimum absolute atomic E-state index is 0. The van der Waals surface area contributed by atoms with Gasteiger partial charge in [0, 0.05) is 13.1 Å². The summed E-state index contributed by atoms with van der Waals surface area (Å²) < 4.78 is 0. The van der Waals surface area contributed by atoms with Crippen molar-refractivity contribution in [2.45, 2.75) is 26.3 Å². The van der Waals surface area contributed by atoms with Crippen molar-refractivity contribution in [1.82, 2.24) is 4.90 Å². The van der Waals surface area contributed by atoms with Crippen LogP contribution in [-0.4, -0.2) is 18.0 Å². The zero-order valence-electron chi connectivity index (χ0n) is 12.0. The Bertz CT molecular complexity index is 551. The van der Waals surface area contributed by atoms with E-state index in [0.29, 0.717) is 0 Å². The van der Waals surface area contributed by atoms with Crippen molar-refractivity contribution in [3.8, 4) is 11.1 Å². The maximum atomic E-state index is 2.58. The number of hydrogen-bond donors (Lipinski definition) is 0. The zero-order valence-corrected chi connectivity index (χ0v) is 12.8. The highest BCUT2D eigenvalue weighted by molar-refractivity contribution is 5.85. The van der Waals surface area contributed by atoms with Crippen LogP contribution < -0.4 is 0 Å². The van der Waals surface area contributed by atoms with Crippen molar-refractivity contribution in [3.05, 3.63) is 59.7 Å². The lowest BCUT2D eigenvalue weighted by atomic mass is 9.91. The highest BCUT2D eigenvalue weighted by Gasteiger charge is 2.18. The Morgan fingerprint density at radius 2 is 1.80 bits per heavy atom. The first-order chi connectivity index (χ1) is 9.38. The predicted molar refractivity (Wildman–Crippen MR) is 88.4 cm³/mol. The quantitative estimate of drug-likeness (QED) is 0.801. The summed E-state index contributed by atoms with van der Waals surface area (Å²) in [5.41, 5.74) is 5.83. The van der Waals surface area contributed by atoms with E-state index < -0.39 is 0 Å². The van der Waals surface area contributed by atoms with Crippen molar-refractivity contribution in [3.63, 3.8) is 0 Å². The SMILES string of the molecule is CCCN1CCc2cccc(-c3ccccc3)c2C1.Cl. The molecule has 1 heterocycles. The number of nitrogens with zero attached hydrogens (tertiary/aromatic N) is 1. The van der Waals surface area contributed by atoms with Gasteiger partial charge in [-0.05, 0) is 41.6 Å². The van der Waals surface area contributed by atoms with Crippen LogP contribution >= 0.6 is 12.4 Å². The van der Waals surface area contributed by atoms with E-state index in [0.717, 1.165) is 6.54 Å². The molecule has 0 aliphatic carbocycles. The minimum Gasteiger partial charge on any atom is -0.299 e. The molecule has 0 fully saturated rings. The second kappa shape index (κ2) is 6.92. The molecular formula is C18H22ClN. The van der Waals surface area contributed by atoms with E-state index in [-0.39, 0.29) is 12.4 Å². The van der Waals surface area contributed by atoms with E-state index in [1.165, 1.54) is 48.2 Å². The third kappa shape index (κ3) is 3.05. The highest BCUT2D eigenvalue weighted by Crippen LogP contribution is 2.30. The molecule has 0 radical (unpaired) electrons. The second-order valence-electron chi connectivity index (χ2n) is 5.34. The fourth-order valence-corrected chi connectivity index (χ4v) is 3.03. The number of rotatable bonds is 3. The minimum atomic E-state index is 0. The number of halogens is 1. The average molecular weight is 288 g/mol. The van der Waals surface area contributed by atoms with Crippen LogP contribution in [0.2, 0.25) is 0 Å². The second-order valence-corrected chi connectivity index (χ2v) is 5.34. The fourth-order valence-electron chi connectivity index (χ4n) is 3.03. The van der Waals surface area contributed by atoms with Crippen LogP contribution in [0.4, 0.5) is 0 Å². The van der Waals surface area contributed by atoms with E-state index in [1.807, 2.05) is 0 Å². The molecule has 0 saturated heterocycles. The number of fused-ring (bicyclic) bond motifs is 1. The molecule has 20 heavy (non-hydrogen) atoms. The predicted octanol–water partition coefficient (Wildman–Crippen LogP) is 4.54. The summed E-state index contributed by atoms with van der Waals surface area (Å²) in [6.07, 6.45) is 2.43. The maximum Gasteiger partial charge on any atom is 0.0242 e. The lowest BCUT2D eigenvalue weighted by molar-refractivity contribution is 0.255. The average Bonchev–Trinajstić information content (AvgIpc) is 2.48. The first-order valence-corrected chi connectivity index (χ1v) is 7.27. The van der Waals surface area contributed by atoms with Crippen molar-refractivity contribution < 1.29 is 0 Å². The van der Waals surface area contributed by atoms with E-state index >= 15 is 0 Å². The molecular weight excluding hydrogens is 266 g/mol. The van der Waals surface area contributed by atoms with Crippen LogP contribution in [0.3, 0.4) is 0 Å². The highest BCUT2D eigenvalue weighted by atomic mass is 35.5. The van der Waals surface area contributed by atoms with Crippen LogP contribution in [0.1, 0.15) is 24.5 Å². The van der Waals surface area contributed by atoms with Gasteiger partial charge in [-0.1, -0.05) is 55.5 Å². The van der Waals surface area contributed by atoms with Crippen LogP contribution in [0, 0.1) is 0 Å². The van der Waals surface area contributed by atoms with E-state index in [2.05, 4.69) is 60.4 Å². The summed E-state index contributed by atoms with van der Waals surface area (Å²) in [7, 11) is 0. The summed E-state index contributed by atoms with van der Waals surface area (Å²) in [6.45, 7) is 5.79. The fraction of sp³-hybridized carbons (Fsp3) is 0.333. The first-order valence-electron chi connectivity index (χ1n) is 7.27. The van der Waals surface area contributed by atoms with Crippen molar-refractivity contribution in [2.75, 3.05) is 13.1 Å². The lowest BCUT2D eigenvalue weighted by Gasteiger charge is -2.30. The third-order valence-electron chi connectivity index (χ3n) is 3.98. The topological polar surface area (TPSA) is 3.24 Å². The van der Waals surface area contributed by atoms with Gasteiger partial charge in [0.1, 0.15) is 0 Å². The van der Waals surface area contributed by atoms with Gasteiger partial charge in [-0.15, -0.1) is 12.4 Å². The lowest BCUT2D eigenvalue weighted by Crippen LogP contribution is -2.31. The van der Waals surface area contributed by atoms with Gasteiger partial charge in [-0.25, -0.2) is 0 Å². The summed E-state index contributed by atoms with van der Waals surface area (Å²) in [5, 5.41) is 0. The van der Waals surface area contributed by atoms with Crippen LogP contribution in [0.25, 0.3) is 11.1 Å². The monoisotopic (exact) mass is 287 g/mol. The Balaban J connectivity index is 0.00000147. The molecule has 0 N–H and O–H groups in total. The van der Waals surface area contributed by atoms with Gasteiger partial charge in [0.25, 0.3) is 0 Å². The van der Waals surface area contributed by atoms with Gasteiger partial charge in [0.2, 0.25) is 0 Å². The molecule has 1 aliphatic rings. The van der Waals surface area contributed by atoms with Gasteiger partial charge < -0.3 is 0 Å². The molecule has 2 aromatic rings. The molecule has 0 spiro atoms. The van der Waals surface area contributed by atoms with Crippen LogP contribution in [0.15, 0.2) is 48.5 Å². The molecule has 106 valence electrons. The molecule has 2 aromatic carbocycles. The summed E-state index contributed by atoms with van der Waals surface area (Å²) in [5.74, 6) is 0. The molecule has 0 unspecified atom stereocenters. The Hall–Kier alpha value is -1.31. The Labute approximate surface area is 128 Å². The summed E-state index contributed by atoms with van der Waals surface area (Å²) in [4.78, 5) is 2.58. The van der Waals surface area contributed by atoms with Crippen molar-refractivity contribution in [1.29, 1.82) is 0 Å². The standard InChI is InChI=1S/C18H21N.ClH/c1-2-12-19-13-11-16-9-6-10-17(18(16)14-19)15-7-4-3-5-8-15;/h3-10H,2,11-14H2,1H3;1H. The van der Waals surface area contributed by atoms with Gasteiger partial charge in [0.15, 0.2) is 0 Å². The molecule has 0 amide bonds. The molecule has 1 aliphatic heterocycles. The Morgan fingerprint density at radius 3 is 2.55 bits per heavy atom. The van der Waals surface area contributed by atoms with Crippen LogP contribution in [0.5, 0.6) is 0 Å². The first kappa shape index (κ1) is 15.1. The van der Waals surface area contributed by atoms with Crippen molar-refractivity contribution >= 4 is 12.4 Å². The molecule has 0 aromatic heterocycles. The number of hydrogen-bond acceptors (Lipinski definition) is 1. The molecule has 1 nitrogen and oxygen atoms in total. The third-order valence-corrected chi connectivity index (χ3v) is 3.98. The van der Waals surface area contributed by atoms with Gasteiger partial charge in [-0.3, -0.25) is 4.90 Å². The van der Waals surface area contributed by atoms with Crippen LogP contribution in [-0.2, 0) is 13.0 Å². The van der Waals surface area contributed by atoms with E-state index in [1.54, 1.807) is 0 Å².